The lowest BCUT2D eigenvalue weighted by molar-refractivity contribution is -0.162. The van der Waals surface area contributed by atoms with Gasteiger partial charge in [0.1, 0.15) is 0 Å². The average Bonchev–Trinajstić information content (AvgIpc) is 1.98. The van der Waals surface area contributed by atoms with Crippen molar-refractivity contribution in [3.05, 3.63) is 12.2 Å². The van der Waals surface area contributed by atoms with Crippen molar-refractivity contribution in [2.45, 2.75) is 32.3 Å². The smallest absolute Gasteiger partial charge is 0.177 e. The van der Waals surface area contributed by atoms with Gasteiger partial charge in [-0.05, 0) is 19.9 Å². The minimum absolute atomic E-state index is 0.170. The largest absolute Gasteiger partial charge is 0.386 e. The highest BCUT2D eigenvalue weighted by atomic mass is 16.7. The van der Waals surface area contributed by atoms with Gasteiger partial charge >= 0.3 is 0 Å². The van der Waals surface area contributed by atoms with Gasteiger partial charge in [-0.15, -0.1) is 0 Å². The zero-order valence-corrected chi connectivity index (χ0v) is 6.86. The van der Waals surface area contributed by atoms with Gasteiger partial charge in [-0.2, -0.15) is 0 Å². The summed E-state index contributed by atoms with van der Waals surface area (Å²) in [6.45, 7) is 4.35. The molecule has 0 amide bonds. The normalized spacial score (nSPS) is 37.5. The van der Waals surface area contributed by atoms with Gasteiger partial charge in [-0.3, -0.25) is 0 Å². The Morgan fingerprint density at radius 2 is 2.27 bits per heavy atom. The SMILES string of the molecule is CCO[C@@H]1C=C[C@@H](O)[C@H](C)O1. The summed E-state index contributed by atoms with van der Waals surface area (Å²) in [7, 11) is 0. The van der Waals surface area contributed by atoms with Crippen molar-refractivity contribution in [3.63, 3.8) is 0 Å². The minimum atomic E-state index is -0.494. The summed E-state index contributed by atoms with van der Waals surface area (Å²) >= 11 is 0. The van der Waals surface area contributed by atoms with E-state index in [1.165, 1.54) is 0 Å². The van der Waals surface area contributed by atoms with E-state index < -0.39 is 6.10 Å². The van der Waals surface area contributed by atoms with Crippen molar-refractivity contribution in [3.8, 4) is 0 Å². The molecule has 1 aliphatic rings. The van der Waals surface area contributed by atoms with Crippen LogP contribution >= 0.6 is 0 Å². The van der Waals surface area contributed by atoms with Crippen LogP contribution in [0.2, 0.25) is 0 Å². The Balaban J connectivity index is 2.43. The molecule has 1 aliphatic heterocycles. The Labute approximate surface area is 66.6 Å². The lowest BCUT2D eigenvalue weighted by Crippen LogP contribution is -2.33. The third kappa shape index (κ3) is 2.29. The fraction of sp³-hybridized carbons (Fsp3) is 0.750. The van der Waals surface area contributed by atoms with Crippen LogP contribution in [0.5, 0.6) is 0 Å². The van der Waals surface area contributed by atoms with Crippen LogP contribution in [0.4, 0.5) is 0 Å². The average molecular weight is 158 g/mol. The number of hydrogen-bond acceptors (Lipinski definition) is 3. The molecule has 0 saturated carbocycles. The second-order valence-corrected chi connectivity index (χ2v) is 2.54. The summed E-state index contributed by atoms with van der Waals surface area (Å²) < 4.78 is 10.5. The Kier molecular flexibility index (Phi) is 3.05. The van der Waals surface area contributed by atoms with Crippen LogP contribution in [0.3, 0.4) is 0 Å². The first kappa shape index (κ1) is 8.71. The summed E-state index contributed by atoms with van der Waals surface area (Å²) in [5.41, 5.74) is 0. The topological polar surface area (TPSA) is 38.7 Å². The minimum Gasteiger partial charge on any atom is -0.386 e. The van der Waals surface area contributed by atoms with Gasteiger partial charge in [0.2, 0.25) is 0 Å². The highest BCUT2D eigenvalue weighted by Gasteiger charge is 2.21. The molecule has 3 atom stereocenters. The second kappa shape index (κ2) is 3.85. The number of hydrogen-bond donors (Lipinski definition) is 1. The van der Waals surface area contributed by atoms with Gasteiger partial charge in [0, 0.05) is 6.61 Å². The molecule has 0 bridgehead atoms. The summed E-state index contributed by atoms with van der Waals surface area (Å²) in [6, 6.07) is 0. The van der Waals surface area contributed by atoms with Crippen LogP contribution < -0.4 is 0 Å². The molecular formula is C8H14O3. The van der Waals surface area contributed by atoms with E-state index in [0.29, 0.717) is 6.61 Å². The van der Waals surface area contributed by atoms with Gasteiger partial charge in [0.05, 0.1) is 12.2 Å². The molecule has 1 N–H and O–H groups in total. The van der Waals surface area contributed by atoms with E-state index in [9.17, 15) is 5.11 Å². The van der Waals surface area contributed by atoms with Gasteiger partial charge in [-0.25, -0.2) is 0 Å². The molecule has 0 fully saturated rings. The van der Waals surface area contributed by atoms with E-state index in [0.717, 1.165) is 0 Å². The van der Waals surface area contributed by atoms with E-state index >= 15 is 0 Å². The van der Waals surface area contributed by atoms with Gasteiger partial charge in [0.15, 0.2) is 6.29 Å². The molecule has 64 valence electrons. The monoisotopic (exact) mass is 158 g/mol. The van der Waals surface area contributed by atoms with Crippen molar-refractivity contribution < 1.29 is 14.6 Å². The maximum atomic E-state index is 9.20. The van der Waals surface area contributed by atoms with E-state index in [1.54, 1.807) is 12.2 Å². The molecule has 1 heterocycles. The van der Waals surface area contributed by atoms with Gasteiger partial charge in [0.25, 0.3) is 0 Å². The first-order valence-electron chi connectivity index (χ1n) is 3.87. The summed E-state index contributed by atoms with van der Waals surface area (Å²) in [5, 5.41) is 9.20. The fourth-order valence-electron chi connectivity index (χ4n) is 0.958. The lowest BCUT2D eigenvalue weighted by Gasteiger charge is -2.26. The van der Waals surface area contributed by atoms with Crippen LogP contribution in [0.15, 0.2) is 12.2 Å². The quantitative estimate of drug-likeness (QED) is 0.601. The third-order valence-corrected chi connectivity index (χ3v) is 1.63. The predicted molar refractivity (Wildman–Crippen MR) is 41.1 cm³/mol. The summed E-state index contributed by atoms with van der Waals surface area (Å²) in [5.74, 6) is 0. The molecule has 3 heteroatoms. The predicted octanol–water partition coefficient (Wildman–Crippen LogP) is 0.685. The van der Waals surface area contributed by atoms with Crippen LogP contribution in [-0.4, -0.2) is 30.2 Å². The summed E-state index contributed by atoms with van der Waals surface area (Å²) in [4.78, 5) is 0. The molecule has 0 aromatic rings. The first-order chi connectivity index (χ1) is 5.24. The zero-order chi connectivity index (χ0) is 8.27. The molecule has 3 nitrogen and oxygen atoms in total. The second-order valence-electron chi connectivity index (χ2n) is 2.54. The highest BCUT2D eigenvalue weighted by Crippen LogP contribution is 2.12. The van der Waals surface area contributed by atoms with Gasteiger partial charge < -0.3 is 14.6 Å². The molecule has 0 spiro atoms. The van der Waals surface area contributed by atoms with Crippen LogP contribution in [-0.2, 0) is 9.47 Å². The number of ether oxygens (including phenoxy) is 2. The van der Waals surface area contributed by atoms with E-state index in [4.69, 9.17) is 9.47 Å². The molecule has 0 radical (unpaired) electrons. The van der Waals surface area contributed by atoms with E-state index in [2.05, 4.69) is 0 Å². The molecule has 11 heavy (non-hydrogen) atoms. The van der Waals surface area contributed by atoms with Crippen molar-refractivity contribution in [2.24, 2.45) is 0 Å². The Bertz CT molecular complexity index is 144. The van der Waals surface area contributed by atoms with Crippen molar-refractivity contribution >= 4 is 0 Å². The molecular weight excluding hydrogens is 144 g/mol. The van der Waals surface area contributed by atoms with Crippen molar-refractivity contribution in [1.29, 1.82) is 0 Å². The molecule has 0 aliphatic carbocycles. The van der Waals surface area contributed by atoms with Crippen LogP contribution in [0, 0.1) is 0 Å². The molecule has 0 aromatic heterocycles. The van der Waals surface area contributed by atoms with Crippen molar-refractivity contribution in [2.75, 3.05) is 6.61 Å². The Hall–Kier alpha value is -0.380. The van der Waals surface area contributed by atoms with Crippen LogP contribution in [0.1, 0.15) is 13.8 Å². The van der Waals surface area contributed by atoms with Crippen LogP contribution in [0.25, 0.3) is 0 Å². The zero-order valence-electron chi connectivity index (χ0n) is 6.86. The molecule has 1 rings (SSSR count). The van der Waals surface area contributed by atoms with Crippen molar-refractivity contribution in [1.82, 2.24) is 0 Å². The Morgan fingerprint density at radius 1 is 1.55 bits per heavy atom. The maximum Gasteiger partial charge on any atom is 0.177 e. The standard InChI is InChI=1S/C8H14O3/c1-3-10-8-5-4-7(9)6(2)11-8/h4-9H,3H2,1-2H3/t6-,7+,8-/m0/s1. The lowest BCUT2D eigenvalue weighted by atomic mass is 10.2. The Morgan fingerprint density at radius 3 is 2.82 bits per heavy atom. The number of rotatable bonds is 2. The summed E-state index contributed by atoms with van der Waals surface area (Å²) in [6.07, 6.45) is 2.49. The maximum absolute atomic E-state index is 9.20. The van der Waals surface area contributed by atoms with Gasteiger partial charge in [-0.1, -0.05) is 6.08 Å². The number of aliphatic hydroxyl groups is 1. The van der Waals surface area contributed by atoms with E-state index in [-0.39, 0.29) is 12.4 Å². The highest BCUT2D eigenvalue weighted by molar-refractivity contribution is 4.98. The third-order valence-electron chi connectivity index (χ3n) is 1.63. The first-order valence-corrected chi connectivity index (χ1v) is 3.87. The molecule has 0 aromatic carbocycles. The number of aliphatic hydroxyl groups excluding tert-OH is 1. The fourth-order valence-corrected chi connectivity index (χ4v) is 0.958. The molecule has 0 unspecified atom stereocenters. The van der Waals surface area contributed by atoms with E-state index in [1.807, 2.05) is 13.8 Å². The molecule has 0 saturated heterocycles.